The van der Waals surface area contributed by atoms with Crippen molar-refractivity contribution >= 4 is 54.7 Å². The summed E-state index contributed by atoms with van der Waals surface area (Å²) in [5, 5.41) is 0. The molecule has 0 saturated carbocycles. The molecule has 0 aliphatic rings. The molecular formula is C3H12BaO3. The van der Waals surface area contributed by atoms with Crippen LogP contribution in [0.3, 0.4) is 0 Å². The second-order valence-electron chi connectivity index (χ2n) is 0.908. The van der Waals surface area contributed by atoms with Crippen LogP contribution in [0.1, 0.15) is 16.7 Å². The van der Waals surface area contributed by atoms with Gasteiger partial charge < -0.3 is 18.6 Å². The Bertz CT molecular complexity index is 40.0. The first-order valence-corrected chi connectivity index (χ1v) is 1.20. The monoisotopic (exact) mass is 234 g/mol. The van der Waals surface area contributed by atoms with E-state index >= 15 is 0 Å². The number of carbonyl (C=O) groups excluding carboxylic acids is 1. The summed E-state index contributed by atoms with van der Waals surface area (Å²) in [5.41, 5.74) is 0. The third-order valence-electron chi connectivity index (χ3n) is 0. The first-order valence-electron chi connectivity index (χ1n) is 1.20. The Labute approximate surface area is 86.1 Å². The molecule has 0 amide bonds. The molecule has 0 heterocycles. The van der Waals surface area contributed by atoms with Crippen LogP contribution in [0.15, 0.2) is 0 Å². The van der Waals surface area contributed by atoms with Crippen LogP contribution in [-0.2, 0) is 4.79 Å². The van der Waals surface area contributed by atoms with Gasteiger partial charge in [0.1, 0.15) is 5.78 Å². The third kappa shape index (κ3) is 141. The van der Waals surface area contributed by atoms with Crippen molar-refractivity contribution in [3.63, 3.8) is 0 Å². The predicted molar refractivity (Wildman–Crippen MR) is 31.6 cm³/mol. The minimum Gasteiger partial charge on any atom is -1.00 e. The molecule has 44 valence electrons. The number of ketones is 1. The molecule has 7 heavy (non-hydrogen) atoms. The topological polar surface area (TPSA) is 80.1 Å². The average molecular weight is 233 g/mol. The SMILES string of the molecule is CC(C)=O.O.O.[Ba+2].[H-].[H-]. The van der Waals surface area contributed by atoms with Gasteiger partial charge in [-0.3, -0.25) is 0 Å². The summed E-state index contributed by atoms with van der Waals surface area (Å²) in [4.78, 5) is 9.44. The maximum atomic E-state index is 9.44. The maximum absolute atomic E-state index is 9.44. The Balaban J connectivity index is -0.00000000450. The Hall–Kier alpha value is 1.16. The minimum absolute atomic E-state index is 0. The van der Waals surface area contributed by atoms with Crippen molar-refractivity contribution in [1.29, 1.82) is 0 Å². The number of hydrogen-bond donors (Lipinski definition) is 0. The molecule has 0 aromatic rings. The summed E-state index contributed by atoms with van der Waals surface area (Å²) >= 11 is 0. The van der Waals surface area contributed by atoms with Crippen LogP contribution in [-0.4, -0.2) is 65.6 Å². The molecule has 4 heteroatoms. The van der Waals surface area contributed by atoms with E-state index in [9.17, 15) is 4.79 Å². The smallest absolute Gasteiger partial charge is 1.00 e. The number of carbonyl (C=O) groups is 1. The van der Waals surface area contributed by atoms with E-state index < -0.39 is 0 Å². The fourth-order valence-electron chi connectivity index (χ4n) is 0. The Morgan fingerprint density at radius 1 is 1.29 bits per heavy atom. The van der Waals surface area contributed by atoms with Gasteiger partial charge in [-0.25, -0.2) is 0 Å². The number of hydrogen-bond acceptors (Lipinski definition) is 1. The zero-order chi connectivity index (χ0) is 3.58. The van der Waals surface area contributed by atoms with E-state index in [1.807, 2.05) is 0 Å². The van der Waals surface area contributed by atoms with Crippen LogP contribution in [0, 0.1) is 0 Å². The van der Waals surface area contributed by atoms with Crippen LogP contribution < -0.4 is 0 Å². The van der Waals surface area contributed by atoms with Crippen molar-refractivity contribution in [3.8, 4) is 0 Å². The molecule has 4 N–H and O–H groups in total. The van der Waals surface area contributed by atoms with Crippen molar-refractivity contribution in [2.24, 2.45) is 0 Å². The number of Topliss-reactive ketones (excluding diaryl/α,β-unsaturated/α-hetero) is 1. The van der Waals surface area contributed by atoms with Crippen LogP contribution in [0.5, 0.6) is 0 Å². The molecule has 0 aromatic heterocycles. The second-order valence-corrected chi connectivity index (χ2v) is 0.908. The molecule has 0 unspecified atom stereocenters. The van der Waals surface area contributed by atoms with Crippen molar-refractivity contribution < 1.29 is 18.6 Å². The fourth-order valence-corrected chi connectivity index (χ4v) is 0. The quantitative estimate of drug-likeness (QED) is 0.484. The first-order chi connectivity index (χ1) is 1.73. The van der Waals surface area contributed by atoms with E-state index in [2.05, 4.69) is 0 Å². The molecule has 3 nitrogen and oxygen atoms in total. The minimum atomic E-state index is 0. The van der Waals surface area contributed by atoms with Crippen molar-refractivity contribution in [1.82, 2.24) is 0 Å². The summed E-state index contributed by atoms with van der Waals surface area (Å²) in [6, 6.07) is 0. The molecule has 0 aliphatic carbocycles. The molecule has 0 radical (unpaired) electrons. The summed E-state index contributed by atoms with van der Waals surface area (Å²) in [7, 11) is 0. The molecule has 0 spiro atoms. The summed E-state index contributed by atoms with van der Waals surface area (Å²) in [6.07, 6.45) is 0. The van der Waals surface area contributed by atoms with Crippen LogP contribution in [0.4, 0.5) is 0 Å². The zero-order valence-corrected chi connectivity index (χ0v) is 9.06. The van der Waals surface area contributed by atoms with Crippen molar-refractivity contribution in [2.45, 2.75) is 13.8 Å². The van der Waals surface area contributed by atoms with E-state index in [0.717, 1.165) is 0 Å². The van der Waals surface area contributed by atoms with E-state index in [0.29, 0.717) is 0 Å². The molecule has 0 rings (SSSR count). The van der Waals surface area contributed by atoms with Gasteiger partial charge >= 0.3 is 48.9 Å². The largest absolute Gasteiger partial charge is 2.00 e. The molecular weight excluding hydrogens is 221 g/mol. The second kappa shape index (κ2) is 15.7. The normalized spacial score (nSPS) is 3.71. The van der Waals surface area contributed by atoms with Gasteiger partial charge in [0.05, 0.1) is 0 Å². The average Bonchev–Trinajstić information content (AvgIpc) is 0.811. The van der Waals surface area contributed by atoms with Crippen LogP contribution in [0.2, 0.25) is 0 Å². The zero-order valence-electron chi connectivity index (χ0n) is 6.62. The fraction of sp³-hybridized carbons (Fsp3) is 0.667. The summed E-state index contributed by atoms with van der Waals surface area (Å²) < 4.78 is 0. The van der Waals surface area contributed by atoms with E-state index in [-0.39, 0.29) is 68.5 Å². The van der Waals surface area contributed by atoms with Gasteiger partial charge in [0, 0.05) is 0 Å². The Morgan fingerprint density at radius 2 is 1.29 bits per heavy atom. The molecule has 0 aromatic carbocycles. The van der Waals surface area contributed by atoms with E-state index in [1.165, 1.54) is 13.8 Å². The van der Waals surface area contributed by atoms with Gasteiger partial charge in [0.25, 0.3) is 0 Å². The van der Waals surface area contributed by atoms with Gasteiger partial charge in [0.2, 0.25) is 0 Å². The molecule has 0 bridgehead atoms. The van der Waals surface area contributed by atoms with Crippen LogP contribution in [0.25, 0.3) is 0 Å². The van der Waals surface area contributed by atoms with Crippen molar-refractivity contribution in [2.75, 3.05) is 0 Å². The van der Waals surface area contributed by atoms with Gasteiger partial charge in [-0.1, -0.05) is 0 Å². The predicted octanol–water partition coefficient (Wildman–Crippen LogP) is -1.21. The van der Waals surface area contributed by atoms with Crippen molar-refractivity contribution in [3.05, 3.63) is 0 Å². The molecule has 0 atom stereocenters. The first kappa shape index (κ1) is 24.2. The molecule has 0 saturated heterocycles. The third-order valence-corrected chi connectivity index (χ3v) is 0. The van der Waals surface area contributed by atoms with Gasteiger partial charge in [-0.15, -0.1) is 0 Å². The molecule has 0 fully saturated rings. The summed E-state index contributed by atoms with van der Waals surface area (Å²) in [6.45, 7) is 3.06. The van der Waals surface area contributed by atoms with E-state index in [1.54, 1.807) is 0 Å². The van der Waals surface area contributed by atoms with Gasteiger partial charge in [-0.05, 0) is 13.8 Å². The number of rotatable bonds is 0. The standard InChI is InChI=1S/C3H6O.Ba.2H2O.2H/c1-3(2)4;;;;;/h1-2H3;;2*1H2;;/q;+2;;;2*-1. The van der Waals surface area contributed by atoms with Gasteiger partial charge in [-0.2, -0.15) is 0 Å². The van der Waals surface area contributed by atoms with Crippen LogP contribution >= 0.6 is 0 Å². The Kier molecular flexibility index (Phi) is 54.2. The Morgan fingerprint density at radius 3 is 1.29 bits per heavy atom. The van der Waals surface area contributed by atoms with Gasteiger partial charge in [0.15, 0.2) is 0 Å². The molecule has 0 aliphatic heterocycles. The van der Waals surface area contributed by atoms with E-state index in [4.69, 9.17) is 0 Å². The summed E-state index contributed by atoms with van der Waals surface area (Å²) in [5.74, 6) is 0.167. The maximum Gasteiger partial charge on any atom is 2.00 e.